The van der Waals surface area contributed by atoms with Gasteiger partial charge in [0, 0.05) is 10.3 Å². The second-order valence-electron chi connectivity index (χ2n) is 5.41. The molecule has 3 rings (SSSR count). The van der Waals surface area contributed by atoms with Crippen LogP contribution in [0.4, 0.5) is 5.13 Å². The van der Waals surface area contributed by atoms with Crippen LogP contribution in [0.15, 0.2) is 28.5 Å². The van der Waals surface area contributed by atoms with Crippen molar-refractivity contribution in [2.75, 3.05) is 11.1 Å². The molecule has 1 aromatic heterocycles. The molecule has 1 aliphatic rings. The number of rotatable bonds is 6. The number of nitrogens with two attached hydrogens (primary N) is 1. The Morgan fingerprint density at radius 2 is 2.13 bits per heavy atom. The van der Waals surface area contributed by atoms with Gasteiger partial charge < -0.3 is 11.1 Å². The van der Waals surface area contributed by atoms with Gasteiger partial charge >= 0.3 is 0 Å². The highest BCUT2D eigenvalue weighted by Crippen LogP contribution is 2.27. The van der Waals surface area contributed by atoms with Crippen molar-refractivity contribution in [3.8, 4) is 0 Å². The molecule has 7 heteroatoms. The smallest absolute Gasteiger partial charge is 0.236 e. The van der Waals surface area contributed by atoms with Crippen LogP contribution in [0.5, 0.6) is 0 Å². The minimum Gasteiger partial charge on any atom is -0.369 e. The van der Waals surface area contributed by atoms with Crippen LogP contribution in [0.3, 0.4) is 0 Å². The summed E-state index contributed by atoms with van der Waals surface area (Å²) in [5.74, 6) is -0.195. The predicted molar refractivity (Wildman–Crippen MR) is 92.8 cm³/mol. The van der Waals surface area contributed by atoms with E-state index in [4.69, 9.17) is 5.73 Å². The topological polar surface area (TPSA) is 85.1 Å². The molecule has 2 amide bonds. The van der Waals surface area contributed by atoms with Crippen LogP contribution in [0.25, 0.3) is 0 Å². The standard InChI is InChI=1S/C16H17N3O2S2/c17-14(20)7-12-8-23-16(18-12)19-15(21)9-22-13-5-4-10-2-1-3-11(10)6-13/h4-6,8H,1-3,7,9H2,(H2,17,20)(H,18,19,21). The zero-order chi connectivity index (χ0) is 16.2. The van der Waals surface area contributed by atoms with Gasteiger partial charge in [0.1, 0.15) is 0 Å². The molecule has 120 valence electrons. The summed E-state index contributed by atoms with van der Waals surface area (Å²) >= 11 is 2.82. The molecule has 0 bridgehead atoms. The van der Waals surface area contributed by atoms with Crippen molar-refractivity contribution in [3.05, 3.63) is 40.4 Å². The molecular formula is C16H17N3O2S2. The first-order valence-electron chi connectivity index (χ1n) is 7.37. The Morgan fingerprint density at radius 1 is 1.30 bits per heavy atom. The third-order valence-electron chi connectivity index (χ3n) is 3.59. The van der Waals surface area contributed by atoms with Crippen LogP contribution in [-0.4, -0.2) is 22.6 Å². The maximum absolute atomic E-state index is 12.0. The lowest BCUT2D eigenvalue weighted by molar-refractivity contribution is -0.117. The van der Waals surface area contributed by atoms with Gasteiger partial charge in [-0.3, -0.25) is 9.59 Å². The lowest BCUT2D eigenvalue weighted by Crippen LogP contribution is -2.15. The fraction of sp³-hybridized carbons (Fsp3) is 0.312. The van der Waals surface area contributed by atoms with Crippen LogP contribution in [0.1, 0.15) is 23.2 Å². The summed E-state index contributed by atoms with van der Waals surface area (Å²) < 4.78 is 0. The monoisotopic (exact) mass is 347 g/mol. The van der Waals surface area contributed by atoms with Crippen molar-refractivity contribution in [3.63, 3.8) is 0 Å². The molecule has 0 unspecified atom stereocenters. The van der Waals surface area contributed by atoms with Gasteiger partial charge in [0.05, 0.1) is 17.9 Å². The molecule has 0 spiro atoms. The Labute approximate surface area is 142 Å². The number of aromatic nitrogens is 1. The molecule has 1 heterocycles. The first-order chi connectivity index (χ1) is 11.1. The van der Waals surface area contributed by atoms with Crippen molar-refractivity contribution in [2.24, 2.45) is 5.73 Å². The second-order valence-corrected chi connectivity index (χ2v) is 7.31. The minimum absolute atomic E-state index is 0.0935. The Bertz CT molecular complexity index is 743. The summed E-state index contributed by atoms with van der Waals surface area (Å²) in [6.45, 7) is 0. The van der Waals surface area contributed by atoms with Crippen molar-refractivity contribution >= 4 is 40.0 Å². The van der Waals surface area contributed by atoms with Crippen molar-refractivity contribution in [2.45, 2.75) is 30.6 Å². The van der Waals surface area contributed by atoms with E-state index in [0.29, 0.717) is 16.6 Å². The van der Waals surface area contributed by atoms with Gasteiger partial charge in [-0.05, 0) is 42.5 Å². The Balaban J connectivity index is 1.51. The number of thioether (sulfide) groups is 1. The van der Waals surface area contributed by atoms with Gasteiger partial charge in [0.2, 0.25) is 11.8 Å². The lowest BCUT2D eigenvalue weighted by atomic mass is 10.1. The zero-order valence-corrected chi connectivity index (χ0v) is 14.1. The predicted octanol–water partition coefficient (Wildman–Crippen LogP) is 2.39. The summed E-state index contributed by atoms with van der Waals surface area (Å²) in [7, 11) is 0. The number of carbonyl (C=O) groups is 2. The summed E-state index contributed by atoms with van der Waals surface area (Å²) in [4.78, 5) is 28.1. The van der Waals surface area contributed by atoms with Gasteiger partial charge in [-0.25, -0.2) is 4.98 Å². The molecule has 0 atom stereocenters. The summed E-state index contributed by atoms with van der Waals surface area (Å²) in [6, 6.07) is 6.44. The molecule has 0 saturated heterocycles. The van der Waals surface area contributed by atoms with E-state index in [1.54, 1.807) is 5.38 Å². The number of nitrogens with one attached hydrogen (secondary N) is 1. The summed E-state index contributed by atoms with van der Waals surface area (Å²) in [5.41, 5.74) is 8.55. The third-order valence-corrected chi connectivity index (χ3v) is 5.39. The van der Waals surface area contributed by atoms with E-state index in [2.05, 4.69) is 28.5 Å². The molecule has 2 aromatic rings. The average molecular weight is 347 g/mol. The number of hydrogen-bond donors (Lipinski definition) is 2. The van der Waals surface area contributed by atoms with E-state index in [9.17, 15) is 9.59 Å². The molecule has 0 fully saturated rings. The van der Waals surface area contributed by atoms with Crippen LogP contribution in [0.2, 0.25) is 0 Å². The van der Waals surface area contributed by atoms with Gasteiger partial charge in [0.15, 0.2) is 5.13 Å². The lowest BCUT2D eigenvalue weighted by Gasteiger charge is -2.05. The van der Waals surface area contributed by atoms with Crippen LogP contribution in [0, 0.1) is 0 Å². The SMILES string of the molecule is NC(=O)Cc1csc(NC(=O)CSc2ccc3c(c2)CCC3)n1. The number of hydrogen-bond acceptors (Lipinski definition) is 5. The molecular weight excluding hydrogens is 330 g/mol. The summed E-state index contributed by atoms with van der Waals surface area (Å²) in [6.07, 6.45) is 3.62. The number of primary amides is 1. The number of benzene rings is 1. The van der Waals surface area contributed by atoms with E-state index in [1.807, 2.05) is 0 Å². The minimum atomic E-state index is -0.430. The molecule has 23 heavy (non-hydrogen) atoms. The maximum Gasteiger partial charge on any atom is 0.236 e. The van der Waals surface area contributed by atoms with Gasteiger partial charge in [-0.15, -0.1) is 23.1 Å². The quantitative estimate of drug-likeness (QED) is 0.786. The van der Waals surface area contributed by atoms with E-state index in [-0.39, 0.29) is 12.3 Å². The Hall–Kier alpha value is -1.86. The van der Waals surface area contributed by atoms with Gasteiger partial charge in [-0.2, -0.15) is 0 Å². The van der Waals surface area contributed by atoms with Gasteiger partial charge in [0.25, 0.3) is 0 Å². The van der Waals surface area contributed by atoms with Crippen molar-refractivity contribution in [1.82, 2.24) is 4.98 Å². The van der Waals surface area contributed by atoms with E-state index in [1.165, 1.54) is 47.1 Å². The number of nitrogens with zero attached hydrogens (tertiary/aromatic N) is 1. The van der Waals surface area contributed by atoms with Crippen LogP contribution >= 0.6 is 23.1 Å². The van der Waals surface area contributed by atoms with E-state index < -0.39 is 5.91 Å². The van der Waals surface area contributed by atoms with Crippen molar-refractivity contribution in [1.29, 1.82) is 0 Å². The molecule has 3 N–H and O–H groups in total. The normalized spacial score (nSPS) is 12.9. The number of fused-ring (bicyclic) bond motifs is 1. The first-order valence-corrected chi connectivity index (χ1v) is 9.24. The molecule has 0 aliphatic heterocycles. The van der Waals surface area contributed by atoms with Crippen molar-refractivity contribution < 1.29 is 9.59 Å². The van der Waals surface area contributed by atoms with Crippen LogP contribution < -0.4 is 11.1 Å². The highest BCUT2D eigenvalue weighted by molar-refractivity contribution is 8.00. The Morgan fingerprint density at radius 3 is 2.96 bits per heavy atom. The third kappa shape index (κ3) is 4.33. The molecule has 5 nitrogen and oxygen atoms in total. The molecule has 0 radical (unpaired) electrons. The van der Waals surface area contributed by atoms with Crippen LogP contribution in [-0.2, 0) is 28.9 Å². The largest absolute Gasteiger partial charge is 0.369 e. The highest BCUT2D eigenvalue weighted by atomic mass is 32.2. The number of aryl methyl sites for hydroxylation is 2. The number of anilines is 1. The maximum atomic E-state index is 12.0. The average Bonchev–Trinajstić information content (AvgIpc) is 3.13. The van der Waals surface area contributed by atoms with E-state index in [0.717, 1.165) is 11.3 Å². The molecule has 1 aliphatic carbocycles. The Kier molecular flexibility index (Phi) is 4.97. The first kappa shape index (κ1) is 16.0. The molecule has 1 aromatic carbocycles. The second kappa shape index (κ2) is 7.14. The zero-order valence-electron chi connectivity index (χ0n) is 12.5. The van der Waals surface area contributed by atoms with E-state index >= 15 is 0 Å². The fourth-order valence-corrected chi connectivity index (χ4v) is 4.05. The van der Waals surface area contributed by atoms with Gasteiger partial charge in [-0.1, -0.05) is 6.07 Å². The highest BCUT2D eigenvalue weighted by Gasteiger charge is 2.12. The number of thiazole rings is 1. The number of amides is 2. The summed E-state index contributed by atoms with van der Waals surface area (Å²) in [5, 5.41) is 4.98. The molecule has 0 saturated carbocycles. The number of carbonyl (C=O) groups excluding carboxylic acids is 2. The fourth-order valence-electron chi connectivity index (χ4n) is 2.57.